The van der Waals surface area contributed by atoms with Crippen molar-refractivity contribution in [3.8, 4) is 17.1 Å². The van der Waals surface area contributed by atoms with E-state index in [0.717, 1.165) is 33.9 Å². The zero-order valence-electron chi connectivity index (χ0n) is 12.5. The van der Waals surface area contributed by atoms with Gasteiger partial charge in [0.1, 0.15) is 11.6 Å². The lowest BCUT2D eigenvalue weighted by Gasteiger charge is -2.14. The number of nitrogens with two attached hydrogens (primary N) is 1. The summed E-state index contributed by atoms with van der Waals surface area (Å²) >= 11 is 0. The predicted octanol–water partition coefficient (Wildman–Crippen LogP) is 3.88. The zero-order chi connectivity index (χ0) is 15.0. The molecule has 0 bridgehead atoms. The molecule has 0 spiro atoms. The lowest BCUT2D eigenvalue weighted by atomic mass is 10.1. The van der Waals surface area contributed by atoms with Gasteiger partial charge in [0.15, 0.2) is 0 Å². The van der Waals surface area contributed by atoms with Crippen molar-refractivity contribution in [1.82, 2.24) is 9.55 Å². The highest BCUT2D eigenvalue weighted by atomic mass is 16.5. The standard InChI is InChI=1S/C17H19N3O/c1-11(2)20-16-9-8-12(21-3)10-15(16)19-17(20)13-6-4-5-7-14(13)18/h4-11H,18H2,1-3H3. The smallest absolute Gasteiger partial charge is 0.143 e. The lowest BCUT2D eigenvalue weighted by Crippen LogP contribution is -2.04. The van der Waals surface area contributed by atoms with E-state index in [1.54, 1.807) is 7.11 Å². The summed E-state index contributed by atoms with van der Waals surface area (Å²) in [5.74, 6) is 1.70. The Hall–Kier alpha value is -2.49. The molecule has 3 aromatic rings. The average molecular weight is 281 g/mol. The molecule has 2 N–H and O–H groups in total. The molecular weight excluding hydrogens is 262 g/mol. The SMILES string of the molecule is COc1ccc2c(c1)nc(-c1ccccc1N)n2C(C)C. The molecule has 0 fully saturated rings. The van der Waals surface area contributed by atoms with Gasteiger partial charge in [-0.2, -0.15) is 0 Å². The van der Waals surface area contributed by atoms with Gasteiger partial charge in [0, 0.05) is 23.4 Å². The molecule has 4 nitrogen and oxygen atoms in total. The molecule has 1 aromatic heterocycles. The Morgan fingerprint density at radius 1 is 1.14 bits per heavy atom. The van der Waals surface area contributed by atoms with Crippen molar-refractivity contribution < 1.29 is 4.74 Å². The highest BCUT2D eigenvalue weighted by Crippen LogP contribution is 2.32. The number of aromatic nitrogens is 2. The van der Waals surface area contributed by atoms with Gasteiger partial charge in [-0.3, -0.25) is 0 Å². The topological polar surface area (TPSA) is 53.1 Å². The van der Waals surface area contributed by atoms with Crippen LogP contribution >= 0.6 is 0 Å². The normalized spacial score (nSPS) is 11.2. The Labute approximate surface area is 124 Å². The van der Waals surface area contributed by atoms with Crippen molar-refractivity contribution in [3.05, 3.63) is 42.5 Å². The fourth-order valence-electron chi connectivity index (χ4n) is 2.62. The maximum Gasteiger partial charge on any atom is 0.143 e. The quantitative estimate of drug-likeness (QED) is 0.741. The van der Waals surface area contributed by atoms with E-state index in [4.69, 9.17) is 15.5 Å². The second-order valence-corrected chi connectivity index (χ2v) is 5.34. The minimum Gasteiger partial charge on any atom is -0.497 e. The van der Waals surface area contributed by atoms with Crippen LogP contribution in [0.15, 0.2) is 42.5 Å². The van der Waals surface area contributed by atoms with Crippen LogP contribution in [0.4, 0.5) is 5.69 Å². The van der Waals surface area contributed by atoms with E-state index < -0.39 is 0 Å². The fourth-order valence-corrected chi connectivity index (χ4v) is 2.62. The number of methoxy groups -OCH3 is 1. The largest absolute Gasteiger partial charge is 0.497 e. The van der Waals surface area contributed by atoms with Gasteiger partial charge in [0.2, 0.25) is 0 Å². The molecule has 1 heterocycles. The molecule has 0 aliphatic heterocycles. The Bertz CT molecular complexity index is 790. The van der Waals surface area contributed by atoms with Crippen molar-refractivity contribution in [2.45, 2.75) is 19.9 Å². The van der Waals surface area contributed by atoms with Crippen molar-refractivity contribution >= 4 is 16.7 Å². The van der Waals surface area contributed by atoms with Gasteiger partial charge >= 0.3 is 0 Å². The van der Waals surface area contributed by atoms with Crippen LogP contribution in [0.2, 0.25) is 0 Å². The summed E-state index contributed by atoms with van der Waals surface area (Å²) in [6, 6.07) is 14.1. The minimum atomic E-state index is 0.290. The van der Waals surface area contributed by atoms with E-state index in [2.05, 4.69) is 18.4 Å². The first-order valence-electron chi connectivity index (χ1n) is 7.02. The van der Waals surface area contributed by atoms with E-state index in [9.17, 15) is 0 Å². The number of anilines is 1. The molecule has 0 atom stereocenters. The second kappa shape index (κ2) is 5.13. The summed E-state index contributed by atoms with van der Waals surface area (Å²) in [6.07, 6.45) is 0. The third kappa shape index (κ3) is 2.23. The fraction of sp³-hybridized carbons (Fsp3) is 0.235. The van der Waals surface area contributed by atoms with Crippen LogP contribution in [0.3, 0.4) is 0 Å². The summed E-state index contributed by atoms with van der Waals surface area (Å²) in [7, 11) is 1.66. The van der Waals surface area contributed by atoms with Crippen LogP contribution in [0.1, 0.15) is 19.9 Å². The average Bonchev–Trinajstić information content (AvgIpc) is 2.85. The molecule has 0 unspecified atom stereocenters. The van der Waals surface area contributed by atoms with Crippen LogP contribution in [0.5, 0.6) is 5.75 Å². The molecule has 108 valence electrons. The molecule has 0 saturated carbocycles. The molecule has 0 saturated heterocycles. The number of hydrogen-bond donors (Lipinski definition) is 1. The van der Waals surface area contributed by atoms with Crippen LogP contribution in [0, 0.1) is 0 Å². The zero-order valence-corrected chi connectivity index (χ0v) is 12.5. The first-order chi connectivity index (χ1) is 10.1. The molecular formula is C17H19N3O. The van der Waals surface area contributed by atoms with Crippen molar-refractivity contribution in [3.63, 3.8) is 0 Å². The number of rotatable bonds is 3. The summed E-state index contributed by atoms with van der Waals surface area (Å²) in [5, 5.41) is 0. The molecule has 21 heavy (non-hydrogen) atoms. The Balaban J connectivity index is 2.31. The number of fused-ring (bicyclic) bond motifs is 1. The van der Waals surface area contributed by atoms with Crippen LogP contribution in [-0.2, 0) is 0 Å². The Morgan fingerprint density at radius 3 is 2.57 bits per heavy atom. The van der Waals surface area contributed by atoms with E-state index in [-0.39, 0.29) is 6.04 Å². The Kier molecular flexibility index (Phi) is 3.29. The number of benzene rings is 2. The number of para-hydroxylation sites is 1. The van der Waals surface area contributed by atoms with E-state index in [1.807, 2.05) is 42.5 Å². The van der Waals surface area contributed by atoms with E-state index in [0.29, 0.717) is 0 Å². The molecule has 4 heteroatoms. The van der Waals surface area contributed by atoms with Gasteiger partial charge in [0.25, 0.3) is 0 Å². The van der Waals surface area contributed by atoms with E-state index in [1.165, 1.54) is 0 Å². The van der Waals surface area contributed by atoms with Gasteiger partial charge in [0.05, 0.1) is 18.1 Å². The number of ether oxygens (including phenoxy) is 1. The Morgan fingerprint density at radius 2 is 1.90 bits per heavy atom. The van der Waals surface area contributed by atoms with Crippen LogP contribution < -0.4 is 10.5 Å². The van der Waals surface area contributed by atoms with E-state index >= 15 is 0 Å². The summed E-state index contributed by atoms with van der Waals surface area (Å²) < 4.78 is 7.50. The highest BCUT2D eigenvalue weighted by molar-refractivity contribution is 5.84. The van der Waals surface area contributed by atoms with Crippen LogP contribution in [0.25, 0.3) is 22.4 Å². The molecule has 0 aliphatic rings. The molecule has 2 aromatic carbocycles. The highest BCUT2D eigenvalue weighted by Gasteiger charge is 2.16. The number of hydrogen-bond acceptors (Lipinski definition) is 3. The number of imidazole rings is 1. The lowest BCUT2D eigenvalue weighted by molar-refractivity contribution is 0.415. The first-order valence-corrected chi connectivity index (χ1v) is 7.02. The molecule has 3 rings (SSSR count). The predicted molar refractivity (Wildman–Crippen MR) is 86.5 cm³/mol. The number of nitrogen functional groups attached to an aromatic ring is 1. The third-order valence-corrected chi connectivity index (χ3v) is 3.61. The van der Waals surface area contributed by atoms with Gasteiger partial charge in [-0.05, 0) is 38.1 Å². The maximum absolute atomic E-state index is 6.12. The monoisotopic (exact) mass is 281 g/mol. The maximum atomic E-state index is 6.12. The first kappa shape index (κ1) is 13.5. The van der Waals surface area contributed by atoms with Gasteiger partial charge < -0.3 is 15.0 Å². The second-order valence-electron chi connectivity index (χ2n) is 5.34. The van der Waals surface area contributed by atoms with Gasteiger partial charge in [-0.15, -0.1) is 0 Å². The molecule has 0 radical (unpaired) electrons. The number of nitrogens with zero attached hydrogens (tertiary/aromatic N) is 2. The third-order valence-electron chi connectivity index (χ3n) is 3.61. The molecule has 0 amide bonds. The van der Waals surface area contributed by atoms with Gasteiger partial charge in [-0.1, -0.05) is 12.1 Å². The summed E-state index contributed by atoms with van der Waals surface area (Å²) in [6.45, 7) is 4.29. The minimum absolute atomic E-state index is 0.290. The van der Waals surface area contributed by atoms with Crippen molar-refractivity contribution in [2.24, 2.45) is 0 Å². The van der Waals surface area contributed by atoms with Crippen molar-refractivity contribution in [2.75, 3.05) is 12.8 Å². The van der Waals surface area contributed by atoms with Gasteiger partial charge in [-0.25, -0.2) is 4.98 Å². The summed E-state index contributed by atoms with van der Waals surface area (Å²) in [4.78, 5) is 4.78. The van der Waals surface area contributed by atoms with Crippen molar-refractivity contribution in [1.29, 1.82) is 0 Å². The van der Waals surface area contributed by atoms with Crippen LogP contribution in [-0.4, -0.2) is 16.7 Å². The molecule has 0 aliphatic carbocycles. The summed E-state index contributed by atoms with van der Waals surface area (Å²) in [5.41, 5.74) is 9.82.